The summed E-state index contributed by atoms with van der Waals surface area (Å²) in [5.74, 6) is -0.257. The molecule has 0 saturated carbocycles. The predicted molar refractivity (Wildman–Crippen MR) is 96.4 cm³/mol. The molecule has 130 valence electrons. The summed E-state index contributed by atoms with van der Waals surface area (Å²) in [4.78, 5) is 25.2. The lowest BCUT2D eigenvalue weighted by molar-refractivity contribution is -0.385. The van der Waals surface area contributed by atoms with Gasteiger partial charge in [-0.15, -0.1) is 0 Å². The minimum absolute atomic E-state index is 0.0203. The average Bonchev–Trinajstić information content (AvgIpc) is 3.08. The Morgan fingerprint density at radius 2 is 1.88 bits per heavy atom. The van der Waals surface area contributed by atoms with Crippen molar-refractivity contribution in [1.29, 1.82) is 0 Å². The molecule has 3 rings (SSSR count). The topological polar surface area (TPSA) is 75.5 Å². The van der Waals surface area contributed by atoms with E-state index >= 15 is 0 Å². The van der Waals surface area contributed by atoms with Gasteiger partial charge in [0.1, 0.15) is 0 Å². The standard InChI is InChI=1S/C19H21N3O3/c23-19(13-16-7-1-2-9-18(16)22(24)25)20-17-8-5-6-15(12-17)14-21-10-3-4-11-21/h1-2,5-9,12H,3-4,10-11,13-14H2,(H,20,23). The lowest BCUT2D eigenvalue weighted by Gasteiger charge is -2.15. The minimum atomic E-state index is -0.459. The summed E-state index contributed by atoms with van der Waals surface area (Å²) in [6, 6.07) is 14.1. The largest absolute Gasteiger partial charge is 0.326 e. The van der Waals surface area contributed by atoms with Gasteiger partial charge in [0, 0.05) is 23.9 Å². The van der Waals surface area contributed by atoms with Crippen molar-refractivity contribution in [3.63, 3.8) is 0 Å². The molecule has 0 unspecified atom stereocenters. The summed E-state index contributed by atoms with van der Waals surface area (Å²) in [7, 11) is 0. The molecule has 2 aromatic rings. The molecule has 0 atom stereocenters. The van der Waals surface area contributed by atoms with Crippen LogP contribution in [0.15, 0.2) is 48.5 Å². The van der Waals surface area contributed by atoms with Gasteiger partial charge in [0.2, 0.25) is 5.91 Å². The monoisotopic (exact) mass is 339 g/mol. The zero-order valence-electron chi connectivity index (χ0n) is 14.0. The van der Waals surface area contributed by atoms with Crippen LogP contribution in [0.4, 0.5) is 11.4 Å². The summed E-state index contributed by atoms with van der Waals surface area (Å²) < 4.78 is 0. The quantitative estimate of drug-likeness (QED) is 0.647. The Kier molecular flexibility index (Phi) is 5.40. The molecule has 6 heteroatoms. The highest BCUT2D eigenvalue weighted by Gasteiger charge is 2.16. The number of nitrogens with one attached hydrogen (secondary N) is 1. The van der Waals surface area contributed by atoms with Crippen molar-refractivity contribution in [3.05, 3.63) is 69.8 Å². The van der Waals surface area contributed by atoms with Crippen LogP contribution >= 0.6 is 0 Å². The number of hydrogen-bond donors (Lipinski definition) is 1. The second-order valence-corrected chi connectivity index (χ2v) is 6.29. The zero-order valence-corrected chi connectivity index (χ0v) is 14.0. The van der Waals surface area contributed by atoms with Gasteiger partial charge < -0.3 is 5.32 Å². The molecule has 0 aliphatic carbocycles. The Hall–Kier alpha value is -2.73. The van der Waals surface area contributed by atoms with Crippen LogP contribution in [0.1, 0.15) is 24.0 Å². The van der Waals surface area contributed by atoms with Crippen LogP contribution in [0.25, 0.3) is 0 Å². The van der Waals surface area contributed by atoms with Gasteiger partial charge in [-0.2, -0.15) is 0 Å². The third-order valence-corrected chi connectivity index (χ3v) is 4.35. The number of amides is 1. The van der Waals surface area contributed by atoms with E-state index in [4.69, 9.17) is 0 Å². The fraction of sp³-hybridized carbons (Fsp3) is 0.316. The van der Waals surface area contributed by atoms with Crippen molar-refractivity contribution in [2.75, 3.05) is 18.4 Å². The summed E-state index contributed by atoms with van der Waals surface area (Å²) in [6.45, 7) is 3.12. The third kappa shape index (κ3) is 4.64. The van der Waals surface area contributed by atoms with Crippen LogP contribution in [0.2, 0.25) is 0 Å². The van der Waals surface area contributed by atoms with E-state index in [9.17, 15) is 14.9 Å². The molecule has 1 aliphatic heterocycles. The number of likely N-dealkylation sites (tertiary alicyclic amines) is 1. The van der Waals surface area contributed by atoms with Crippen LogP contribution < -0.4 is 5.32 Å². The average molecular weight is 339 g/mol. The van der Waals surface area contributed by atoms with E-state index in [0.717, 1.165) is 30.9 Å². The summed E-state index contributed by atoms with van der Waals surface area (Å²) in [6.07, 6.45) is 2.46. The van der Waals surface area contributed by atoms with Gasteiger partial charge in [-0.1, -0.05) is 30.3 Å². The van der Waals surface area contributed by atoms with Gasteiger partial charge in [-0.3, -0.25) is 19.8 Å². The number of nitrogens with zero attached hydrogens (tertiary/aromatic N) is 2. The van der Waals surface area contributed by atoms with E-state index in [1.807, 2.05) is 18.2 Å². The zero-order chi connectivity index (χ0) is 17.6. The molecule has 1 aliphatic rings. The number of carbonyl (C=O) groups excluding carboxylic acids is 1. The van der Waals surface area contributed by atoms with E-state index in [1.165, 1.54) is 18.9 Å². The molecular formula is C19H21N3O3. The van der Waals surface area contributed by atoms with Gasteiger partial charge in [-0.05, 0) is 43.6 Å². The van der Waals surface area contributed by atoms with E-state index in [2.05, 4.69) is 16.3 Å². The van der Waals surface area contributed by atoms with E-state index in [0.29, 0.717) is 5.56 Å². The maximum Gasteiger partial charge on any atom is 0.273 e. The number of carbonyl (C=O) groups is 1. The first-order valence-corrected chi connectivity index (χ1v) is 8.45. The number of anilines is 1. The normalized spacial score (nSPS) is 14.4. The fourth-order valence-electron chi connectivity index (χ4n) is 3.16. The van der Waals surface area contributed by atoms with Gasteiger partial charge in [-0.25, -0.2) is 0 Å². The Bertz CT molecular complexity index is 770. The Morgan fingerprint density at radius 1 is 1.12 bits per heavy atom. The van der Waals surface area contributed by atoms with E-state index in [1.54, 1.807) is 18.2 Å². The number of para-hydroxylation sites is 1. The fourth-order valence-corrected chi connectivity index (χ4v) is 3.16. The number of rotatable bonds is 6. The number of benzene rings is 2. The van der Waals surface area contributed by atoms with Crippen molar-refractivity contribution in [1.82, 2.24) is 4.90 Å². The molecule has 1 fully saturated rings. The first kappa shape index (κ1) is 17.1. The van der Waals surface area contributed by atoms with Crippen LogP contribution in [-0.2, 0) is 17.8 Å². The molecule has 6 nitrogen and oxygen atoms in total. The summed E-state index contributed by atoms with van der Waals surface area (Å²) in [5, 5.41) is 13.9. The highest BCUT2D eigenvalue weighted by molar-refractivity contribution is 5.92. The second-order valence-electron chi connectivity index (χ2n) is 6.29. The summed E-state index contributed by atoms with van der Waals surface area (Å²) in [5.41, 5.74) is 2.27. The first-order chi connectivity index (χ1) is 12.1. The third-order valence-electron chi connectivity index (χ3n) is 4.35. The smallest absolute Gasteiger partial charge is 0.273 e. The number of hydrogen-bond acceptors (Lipinski definition) is 4. The molecule has 1 N–H and O–H groups in total. The van der Waals surface area contributed by atoms with Crippen molar-refractivity contribution in [2.45, 2.75) is 25.8 Å². The number of nitro groups is 1. The molecule has 0 spiro atoms. The van der Waals surface area contributed by atoms with Crippen LogP contribution in [0, 0.1) is 10.1 Å². The highest BCUT2D eigenvalue weighted by Crippen LogP contribution is 2.20. The molecular weight excluding hydrogens is 318 g/mol. The Balaban J connectivity index is 1.64. The second kappa shape index (κ2) is 7.90. The van der Waals surface area contributed by atoms with Crippen LogP contribution in [0.3, 0.4) is 0 Å². The summed E-state index contributed by atoms with van der Waals surface area (Å²) >= 11 is 0. The highest BCUT2D eigenvalue weighted by atomic mass is 16.6. The molecule has 2 aromatic carbocycles. The maximum atomic E-state index is 12.3. The SMILES string of the molecule is O=C(Cc1ccccc1[N+](=O)[O-])Nc1cccc(CN2CCCC2)c1. The maximum absolute atomic E-state index is 12.3. The van der Waals surface area contributed by atoms with Crippen molar-refractivity contribution < 1.29 is 9.72 Å². The first-order valence-electron chi connectivity index (χ1n) is 8.45. The van der Waals surface area contributed by atoms with Crippen LogP contribution in [-0.4, -0.2) is 28.8 Å². The minimum Gasteiger partial charge on any atom is -0.326 e. The Labute approximate surface area is 146 Å². The molecule has 0 bridgehead atoms. The molecule has 1 heterocycles. The van der Waals surface area contributed by atoms with Gasteiger partial charge in [0.15, 0.2) is 0 Å². The van der Waals surface area contributed by atoms with Crippen molar-refractivity contribution >= 4 is 17.3 Å². The lowest BCUT2D eigenvalue weighted by Crippen LogP contribution is -2.19. The van der Waals surface area contributed by atoms with Crippen LogP contribution in [0.5, 0.6) is 0 Å². The number of nitro benzene ring substituents is 1. The molecule has 1 amide bonds. The van der Waals surface area contributed by atoms with Gasteiger partial charge in [0.25, 0.3) is 5.69 Å². The van der Waals surface area contributed by atoms with Crippen molar-refractivity contribution in [2.24, 2.45) is 0 Å². The predicted octanol–water partition coefficient (Wildman–Crippen LogP) is 3.37. The van der Waals surface area contributed by atoms with Gasteiger partial charge in [0.05, 0.1) is 11.3 Å². The van der Waals surface area contributed by atoms with E-state index in [-0.39, 0.29) is 18.0 Å². The van der Waals surface area contributed by atoms with E-state index < -0.39 is 4.92 Å². The van der Waals surface area contributed by atoms with Crippen molar-refractivity contribution in [3.8, 4) is 0 Å². The lowest BCUT2D eigenvalue weighted by atomic mass is 10.1. The Morgan fingerprint density at radius 3 is 2.64 bits per heavy atom. The molecule has 25 heavy (non-hydrogen) atoms. The molecule has 1 saturated heterocycles. The molecule has 0 aromatic heterocycles. The van der Waals surface area contributed by atoms with Gasteiger partial charge >= 0.3 is 0 Å². The molecule has 0 radical (unpaired) electrons.